The van der Waals surface area contributed by atoms with Gasteiger partial charge in [0.1, 0.15) is 0 Å². The van der Waals surface area contributed by atoms with Crippen LogP contribution in [0.5, 0.6) is 0 Å². The van der Waals surface area contributed by atoms with Crippen LogP contribution < -0.4 is 5.32 Å². The smallest absolute Gasteiger partial charge is 0.254 e. The van der Waals surface area contributed by atoms with Crippen LogP contribution in [0.25, 0.3) is 0 Å². The zero-order chi connectivity index (χ0) is 14.9. The van der Waals surface area contributed by atoms with Crippen molar-refractivity contribution in [3.05, 3.63) is 17.5 Å². The van der Waals surface area contributed by atoms with E-state index in [1.165, 1.54) is 6.42 Å². The third-order valence-corrected chi connectivity index (χ3v) is 4.69. The van der Waals surface area contributed by atoms with Crippen LogP contribution in [0.4, 0.5) is 0 Å². The number of carbonyl (C=O) groups excluding carboxylic acids is 1. The molecule has 1 aromatic rings. The van der Waals surface area contributed by atoms with Gasteiger partial charge in [-0.3, -0.25) is 9.48 Å². The summed E-state index contributed by atoms with van der Waals surface area (Å²) in [6.07, 6.45) is 5.92. The lowest BCUT2D eigenvalue weighted by atomic mass is 9.80. The number of rotatable bonds is 5. The molecule has 0 aromatic carbocycles. The fraction of sp³-hybridized carbons (Fsp3) is 0.733. The van der Waals surface area contributed by atoms with Gasteiger partial charge in [0, 0.05) is 39.4 Å². The van der Waals surface area contributed by atoms with Crippen molar-refractivity contribution in [2.75, 3.05) is 26.9 Å². The Morgan fingerprint density at radius 3 is 3.00 bits per heavy atom. The molecule has 2 fully saturated rings. The Balaban J connectivity index is 1.69. The molecule has 1 aliphatic carbocycles. The minimum Gasteiger partial charge on any atom is -0.381 e. The molecular weight excluding hydrogens is 270 g/mol. The minimum absolute atomic E-state index is 0.0617. The van der Waals surface area contributed by atoms with E-state index in [1.807, 2.05) is 7.05 Å². The van der Waals surface area contributed by atoms with Crippen LogP contribution in [-0.2, 0) is 16.5 Å². The summed E-state index contributed by atoms with van der Waals surface area (Å²) < 4.78 is 12.7. The van der Waals surface area contributed by atoms with Gasteiger partial charge in [0.2, 0.25) is 0 Å². The predicted molar refractivity (Wildman–Crippen MR) is 77.3 cm³/mol. The maximum absolute atomic E-state index is 12.5. The Morgan fingerprint density at radius 1 is 1.62 bits per heavy atom. The number of ether oxygens (including phenoxy) is 2. The summed E-state index contributed by atoms with van der Waals surface area (Å²) >= 11 is 0. The maximum atomic E-state index is 12.5. The number of amides is 1. The first-order valence-electron chi connectivity index (χ1n) is 7.58. The Bertz CT molecular complexity index is 511. The molecule has 2 aliphatic rings. The molecule has 116 valence electrons. The van der Waals surface area contributed by atoms with Crippen molar-refractivity contribution in [3.63, 3.8) is 0 Å². The van der Waals surface area contributed by atoms with Gasteiger partial charge in [-0.05, 0) is 25.7 Å². The summed E-state index contributed by atoms with van der Waals surface area (Å²) in [6, 6.07) is 0. The molecular formula is C15H23N3O3. The lowest BCUT2D eigenvalue weighted by Crippen LogP contribution is -2.49. The van der Waals surface area contributed by atoms with Gasteiger partial charge in [-0.1, -0.05) is 0 Å². The van der Waals surface area contributed by atoms with E-state index in [2.05, 4.69) is 10.4 Å². The van der Waals surface area contributed by atoms with E-state index < -0.39 is 0 Å². The van der Waals surface area contributed by atoms with Crippen LogP contribution in [0.1, 0.15) is 47.7 Å². The van der Waals surface area contributed by atoms with Crippen LogP contribution in [0.3, 0.4) is 0 Å². The highest BCUT2D eigenvalue weighted by Crippen LogP contribution is 2.34. The topological polar surface area (TPSA) is 65.4 Å². The van der Waals surface area contributed by atoms with E-state index in [0.717, 1.165) is 31.6 Å². The molecule has 3 rings (SSSR count). The van der Waals surface area contributed by atoms with Gasteiger partial charge in [-0.25, -0.2) is 0 Å². The number of carbonyl (C=O) groups is 1. The van der Waals surface area contributed by atoms with E-state index in [9.17, 15) is 4.79 Å². The average molecular weight is 293 g/mol. The van der Waals surface area contributed by atoms with E-state index >= 15 is 0 Å². The number of nitrogens with zero attached hydrogens (tertiary/aromatic N) is 2. The van der Waals surface area contributed by atoms with E-state index in [4.69, 9.17) is 9.47 Å². The zero-order valence-electron chi connectivity index (χ0n) is 12.7. The molecule has 1 aromatic heterocycles. The van der Waals surface area contributed by atoms with Crippen LogP contribution in [0.2, 0.25) is 0 Å². The number of aromatic nitrogens is 2. The molecule has 1 saturated carbocycles. The molecule has 6 nitrogen and oxygen atoms in total. The number of aryl methyl sites for hydroxylation is 1. The second-order valence-corrected chi connectivity index (χ2v) is 6.09. The highest BCUT2D eigenvalue weighted by molar-refractivity contribution is 5.95. The van der Waals surface area contributed by atoms with Crippen LogP contribution in [0.15, 0.2) is 6.20 Å². The molecule has 0 bridgehead atoms. The molecule has 1 amide bonds. The van der Waals surface area contributed by atoms with Gasteiger partial charge in [0.15, 0.2) is 0 Å². The first-order valence-corrected chi connectivity index (χ1v) is 7.58. The molecule has 2 heterocycles. The van der Waals surface area contributed by atoms with Crippen LogP contribution in [-0.4, -0.2) is 48.2 Å². The molecule has 0 radical (unpaired) electrons. The first-order chi connectivity index (χ1) is 10.1. The Hall–Kier alpha value is -1.40. The number of methoxy groups -OCH3 is 1. The monoisotopic (exact) mass is 293 g/mol. The van der Waals surface area contributed by atoms with Crippen molar-refractivity contribution in [2.24, 2.45) is 7.05 Å². The highest BCUT2D eigenvalue weighted by Gasteiger charge is 2.37. The normalized spacial score (nSPS) is 23.8. The molecule has 1 N–H and O–H groups in total. The summed E-state index contributed by atoms with van der Waals surface area (Å²) in [7, 11) is 3.56. The van der Waals surface area contributed by atoms with Crippen LogP contribution >= 0.6 is 0 Å². The minimum atomic E-state index is -0.158. The molecule has 21 heavy (non-hydrogen) atoms. The van der Waals surface area contributed by atoms with Gasteiger partial charge < -0.3 is 14.8 Å². The van der Waals surface area contributed by atoms with Crippen molar-refractivity contribution in [1.29, 1.82) is 0 Å². The largest absolute Gasteiger partial charge is 0.381 e. The Morgan fingerprint density at radius 2 is 2.43 bits per heavy atom. The lowest BCUT2D eigenvalue weighted by molar-refractivity contribution is -0.0679. The molecule has 1 atom stereocenters. The fourth-order valence-electron chi connectivity index (χ4n) is 3.09. The molecule has 1 saturated heterocycles. The van der Waals surface area contributed by atoms with Crippen molar-refractivity contribution in [2.45, 2.75) is 37.2 Å². The Labute approximate surface area is 124 Å². The quantitative estimate of drug-likeness (QED) is 0.886. The summed E-state index contributed by atoms with van der Waals surface area (Å²) in [4.78, 5) is 12.5. The number of nitrogens with one attached hydrogen (secondary N) is 1. The molecule has 6 heteroatoms. The maximum Gasteiger partial charge on any atom is 0.254 e. The SMILES string of the molecule is COC1(CNC(=O)c2cn(C)nc2C2CCOC2)CCC1. The van der Waals surface area contributed by atoms with Crippen molar-refractivity contribution in [1.82, 2.24) is 15.1 Å². The van der Waals surface area contributed by atoms with Gasteiger partial charge >= 0.3 is 0 Å². The molecule has 1 unspecified atom stereocenters. The Kier molecular flexibility index (Phi) is 3.99. The summed E-state index contributed by atoms with van der Waals surface area (Å²) in [6.45, 7) is 1.96. The zero-order valence-corrected chi connectivity index (χ0v) is 12.7. The standard InChI is InChI=1S/C15H23N3O3/c1-18-8-12(13(17-18)11-4-7-21-9-11)14(19)16-10-15(20-2)5-3-6-15/h8,11H,3-7,9-10H2,1-2H3,(H,16,19). The summed E-state index contributed by atoms with van der Waals surface area (Å²) in [5.74, 6) is 0.167. The van der Waals surface area contributed by atoms with Gasteiger partial charge in [0.25, 0.3) is 5.91 Å². The predicted octanol–water partition coefficient (Wildman–Crippen LogP) is 1.22. The van der Waals surface area contributed by atoms with Gasteiger partial charge in [0.05, 0.1) is 23.5 Å². The van der Waals surface area contributed by atoms with Gasteiger partial charge in [-0.2, -0.15) is 5.10 Å². The third-order valence-electron chi connectivity index (χ3n) is 4.69. The lowest BCUT2D eigenvalue weighted by Gasteiger charge is -2.40. The van der Waals surface area contributed by atoms with E-state index in [1.54, 1.807) is 18.0 Å². The molecule has 1 aliphatic heterocycles. The highest BCUT2D eigenvalue weighted by atomic mass is 16.5. The average Bonchev–Trinajstić information content (AvgIpc) is 3.06. The van der Waals surface area contributed by atoms with E-state index in [-0.39, 0.29) is 17.4 Å². The second-order valence-electron chi connectivity index (χ2n) is 6.09. The number of hydrogen-bond acceptors (Lipinski definition) is 4. The second kappa shape index (κ2) is 5.77. The fourth-order valence-corrected chi connectivity index (χ4v) is 3.09. The summed E-state index contributed by atoms with van der Waals surface area (Å²) in [5.41, 5.74) is 1.36. The van der Waals surface area contributed by atoms with Crippen molar-refractivity contribution >= 4 is 5.91 Å². The van der Waals surface area contributed by atoms with Crippen molar-refractivity contribution < 1.29 is 14.3 Å². The first kappa shape index (κ1) is 14.5. The molecule has 0 spiro atoms. The number of hydrogen-bond donors (Lipinski definition) is 1. The van der Waals surface area contributed by atoms with Gasteiger partial charge in [-0.15, -0.1) is 0 Å². The van der Waals surface area contributed by atoms with E-state index in [0.29, 0.717) is 18.7 Å². The van der Waals surface area contributed by atoms with Crippen molar-refractivity contribution in [3.8, 4) is 0 Å². The summed E-state index contributed by atoms with van der Waals surface area (Å²) in [5, 5.41) is 7.47. The van der Waals surface area contributed by atoms with Crippen LogP contribution in [0, 0.1) is 0 Å². The third kappa shape index (κ3) is 2.82.